The second-order valence-electron chi connectivity index (χ2n) is 5.22. The van der Waals surface area contributed by atoms with E-state index in [9.17, 15) is 0 Å². The molecule has 1 heterocycles. The van der Waals surface area contributed by atoms with Crippen molar-refractivity contribution in [2.75, 3.05) is 46.3 Å². The van der Waals surface area contributed by atoms with Crippen LogP contribution in [-0.4, -0.2) is 68.1 Å². The lowest BCUT2D eigenvalue weighted by molar-refractivity contribution is 0.283. The molecule has 106 valence electrons. The summed E-state index contributed by atoms with van der Waals surface area (Å²) in [6.45, 7) is 10.7. The van der Waals surface area contributed by atoms with Crippen LogP contribution in [0.2, 0.25) is 0 Å². The molecule has 0 saturated carbocycles. The molecule has 0 amide bonds. The van der Waals surface area contributed by atoms with Crippen molar-refractivity contribution in [1.29, 1.82) is 0 Å². The Balaban J connectivity index is 2.21. The fourth-order valence-corrected chi connectivity index (χ4v) is 2.04. The summed E-state index contributed by atoms with van der Waals surface area (Å²) in [5, 5.41) is 3.19. The molecule has 0 spiro atoms. The molecule has 1 saturated heterocycles. The molecule has 0 bridgehead atoms. The average molecular weight is 255 g/mol. The molecule has 5 heteroatoms. The van der Waals surface area contributed by atoms with Crippen LogP contribution in [0, 0.1) is 0 Å². The maximum atomic E-state index is 5.83. The van der Waals surface area contributed by atoms with E-state index in [2.05, 4.69) is 41.0 Å². The zero-order chi connectivity index (χ0) is 13.4. The van der Waals surface area contributed by atoms with Gasteiger partial charge in [0, 0.05) is 25.7 Å². The molecule has 18 heavy (non-hydrogen) atoms. The van der Waals surface area contributed by atoms with E-state index in [1.54, 1.807) is 0 Å². The van der Waals surface area contributed by atoms with Crippen LogP contribution in [0.5, 0.6) is 0 Å². The number of aliphatic imine (C=N–C) groups is 1. The van der Waals surface area contributed by atoms with Gasteiger partial charge in [-0.2, -0.15) is 0 Å². The van der Waals surface area contributed by atoms with Crippen LogP contribution < -0.4 is 11.1 Å². The van der Waals surface area contributed by atoms with Gasteiger partial charge in [-0.1, -0.05) is 6.92 Å². The third-order valence-corrected chi connectivity index (χ3v) is 3.52. The van der Waals surface area contributed by atoms with Gasteiger partial charge < -0.3 is 20.9 Å². The summed E-state index contributed by atoms with van der Waals surface area (Å²) in [6.07, 6.45) is 2.31. The van der Waals surface area contributed by atoms with Gasteiger partial charge in [0.1, 0.15) is 0 Å². The van der Waals surface area contributed by atoms with Gasteiger partial charge in [-0.3, -0.25) is 4.99 Å². The van der Waals surface area contributed by atoms with Gasteiger partial charge in [-0.15, -0.1) is 0 Å². The van der Waals surface area contributed by atoms with Crippen LogP contribution in [-0.2, 0) is 0 Å². The van der Waals surface area contributed by atoms with E-state index in [4.69, 9.17) is 5.73 Å². The van der Waals surface area contributed by atoms with Crippen molar-refractivity contribution in [3.05, 3.63) is 0 Å². The molecule has 1 fully saturated rings. The molecule has 0 aromatic rings. The highest BCUT2D eigenvalue weighted by Gasteiger charge is 2.11. The van der Waals surface area contributed by atoms with E-state index in [0.717, 1.165) is 32.6 Å². The van der Waals surface area contributed by atoms with E-state index in [0.29, 0.717) is 12.0 Å². The fraction of sp³-hybridized carbons (Fsp3) is 0.923. The molecule has 1 aliphatic rings. The topological polar surface area (TPSA) is 56.9 Å². The number of hydrogen-bond acceptors (Lipinski definition) is 3. The van der Waals surface area contributed by atoms with Crippen molar-refractivity contribution in [3.63, 3.8) is 0 Å². The SMILES string of the molecule is CCC(C)NC(N)=NCCN1CCCN(C)CC1. The molecular weight excluding hydrogens is 226 g/mol. The summed E-state index contributed by atoms with van der Waals surface area (Å²) in [5.74, 6) is 0.580. The second kappa shape index (κ2) is 8.32. The number of nitrogens with one attached hydrogen (secondary N) is 1. The summed E-state index contributed by atoms with van der Waals surface area (Å²) < 4.78 is 0. The van der Waals surface area contributed by atoms with Gasteiger partial charge in [-0.25, -0.2) is 0 Å². The first kappa shape index (κ1) is 15.2. The quantitative estimate of drug-likeness (QED) is 0.549. The molecule has 3 N–H and O–H groups in total. The van der Waals surface area contributed by atoms with Crippen molar-refractivity contribution in [2.24, 2.45) is 10.7 Å². The lowest BCUT2D eigenvalue weighted by Crippen LogP contribution is -2.39. The Kier molecular flexibility index (Phi) is 7.05. The number of rotatable bonds is 5. The molecule has 0 aliphatic carbocycles. The highest BCUT2D eigenvalue weighted by atomic mass is 15.2. The summed E-state index contributed by atoms with van der Waals surface area (Å²) >= 11 is 0. The van der Waals surface area contributed by atoms with Crippen LogP contribution >= 0.6 is 0 Å². The zero-order valence-electron chi connectivity index (χ0n) is 12.2. The largest absolute Gasteiger partial charge is 0.370 e. The van der Waals surface area contributed by atoms with E-state index in [1.165, 1.54) is 19.5 Å². The standard InChI is InChI=1S/C13H29N5/c1-4-12(2)16-13(14)15-6-9-18-8-5-7-17(3)10-11-18/h12H,4-11H2,1-3H3,(H3,14,15,16). The minimum absolute atomic E-state index is 0.403. The Bertz CT molecular complexity index is 254. The fourth-order valence-electron chi connectivity index (χ4n) is 2.04. The van der Waals surface area contributed by atoms with Crippen molar-refractivity contribution in [1.82, 2.24) is 15.1 Å². The molecule has 5 nitrogen and oxygen atoms in total. The lowest BCUT2D eigenvalue weighted by atomic mass is 10.3. The minimum Gasteiger partial charge on any atom is -0.370 e. The van der Waals surface area contributed by atoms with Gasteiger partial charge >= 0.3 is 0 Å². The lowest BCUT2D eigenvalue weighted by Gasteiger charge is -2.19. The van der Waals surface area contributed by atoms with Crippen molar-refractivity contribution in [3.8, 4) is 0 Å². The van der Waals surface area contributed by atoms with Crippen LogP contribution in [0.15, 0.2) is 4.99 Å². The molecule has 1 rings (SSSR count). The number of nitrogens with two attached hydrogens (primary N) is 1. The Morgan fingerprint density at radius 1 is 1.33 bits per heavy atom. The first-order chi connectivity index (χ1) is 8.61. The normalized spacial score (nSPS) is 21.6. The van der Waals surface area contributed by atoms with Gasteiger partial charge in [0.05, 0.1) is 6.54 Å². The van der Waals surface area contributed by atoms with E-state index < -0.39 is 0 Å². The summed E-state index contributed by atoms with van der Waals surface area (Å²) in [5.41, 5.74) is 5.83. The summed E-state index contributed by atoms with van der Waals surface area (Å²) in [7, 11) is 2.19. The second-order valence-corrected chi connectivity index (χ2v) is 5.22. The zero-order valence-corrected chi connectivity index (χ0v) is 12.2. The van der Waals surface area contributed by atoms with Crippen LogP contribution in [0.4, 0.5) is 0 Å². The first-order valence-electron chi connectivity index (χ1n) is 7.09. The van der Waals surface area contributed by atoms with Crippen molar-refractivity contribution >= 4 is 5.96 Å². The average Bonchev–Trinajstić information content (AvgIpc) is 2.54. The molecule has 1 unspecified atom stereocenters. The Morgan fingerprint density at radius 2 is 2.11 bits per heavy atom. The maximum Gasteiger partial charge on any atom is 0.188 e. The Hall–Kier alpha value is -0.810. The summed E-state index contributed by atoms with van der Waals surface area (Å²) in [6, 6.07) is 0.403. The Morgan fingerprint density at radius 3 is 2.83 bits per heavy atom. The predicted octanol–water partition coefficient (Wildman–Crippen LogP) is 0.327. The highest BCUT2D eigenvalue weighted by molar-refractivity contribution is 5.78. The third-order valence-electron chi connectivity index (χ3n) is 3.52. The molecule has 0 radical (unpaired) electrons. The number of nitrogens with zero attached hydrogens (tertiary/aromatic N) is 3. The molecular formula is C13H29N5. The highest BCUT2D eigenvalue weighted by Crippen LogP contribution is 2.00. The van der Waals surface area contributed by atoms with Gasteiger partial charge in [0.25, 0.3) is 0 Å². The molecule has 0 aromatic heterocycles. The monoisotopic (exact) mass is 255 g/mol. The molecule has 1 atom stereocenters. The predicted molar refractivity (Wildman–Crippen MR) is 77.9 cm³/mol. The maximum absolute atomic E-state index is 5.83. The number of hydrogen-bond donors (Lipinski definition) is 2. The minimum atomic E-state index is 0.403. The first-order valence-corrected chi connectivity index (χ1v) is 7.09. The number of likely N-dealkylation sites (N-methyl/N-ethyl adjacent to an activating group) is 1. The van der Waals surface area contributed by atoms with Crippen LogP contribution in [0.1, 0.15) is 26.7 Å². The summed E-state index contributed by atoms with van der Waals surface area (Å²) in [4.78, 5) is 9.25. The smallest absolute Gasteiger partial charge is 0.188 e. The van der Waals surface area contributed by atoms with E-state index in [1.807, 2.05) is 0 Å². The van der Waals surface area contributed by atoms with E-state index in [-0.39, 0.29) is 0 Å². The van der Waals surface area contributed by atoms with E-state index >= 15 is 0 Å². The molecule has 0 aromatic carbocycles. The van der Waals surface area contributed by atoms with Crippen LogP contribution in [0.3, 0.4) is 0 Å². The van der Waals surface area contributed by atoms with Gasteiger partial charge in [0.15, 0.2) is 5.96 Å². The third kappa shape index (κ3) is 6.21. The Labute approximate surface area is 111 Å². The van der Waals surface area contributed by atoms with Gasteiger partial charge in [-0.05, 0) is 39.9 Å². The van der Waals surface area contributed by atoms with Crippen LogP contribution in [0.25, 0.3) is 0 Å². The van der Waals surface area contributed by atoms with Crippen molar-refractivity contribution in [2.45, 2.75) is 32.7 Å². The number of guanidine groups is 1. The van der Waals surface area contributed by atoms with Gasteiger partial charge in [0.2, 0.25) is 0 Å². The van der Waals surface area contributed by atoms with Crippen molar-refractivity contribution < 1.29 is 0 Å². The molecule has 1 aliphatic heterocycles.